The molecule has 2 atom stereocenters. The molecule has 3 aromatic rings. The van der Waals surface area contributed by atoms with Crippen molar-refractivity contribution in [3.63, 3.8) is 0 Å². The molecule has 7 heteroatoms. The maximum absolute atomic E-state index is 13.0. The SMILES string of the molecule is CN(C(=O)[C@@H]1CSCC(c2ccc(Cl)cc2)N1)c1ccc2[nH]ncc2c1. The Morgan fingerprint density at radius 3 is 2.85 bits per heavy atom. The third kappa shape index (κ3) is 3.45. The minimum atomic E-state index is -0.223. The molecule has 0 spiro atoms. The summed E-state index contributed by atoms with van der Waals surface area (Å²) in [6.07, 6.45) is 1.77. The fraction of sp³-hybridized carbons (Fsp3) is 0.263. The Bertz CT molecular complexity index is 927. The van der Waals surface area contributed by atoms with Gasteiger partial charge in [-0.1, -0.05) is 23.7 Å². The Labute approximate surface area is 161 Å². The monoisotopic (exact) mass is 386 g/mol. The first-order valence-electron chi connectivity index (χ1n) is 8.42. The number of benzene rings is 2. The van der Waals surface area contributed by atoms with Crippen molar-refractivity contribution in [1.29, 1.82) is 0 Å². The molecule has 4 rings (SSSR count). The first kappa shape index (κ1) is 17.4. The van der Waals surface area contributed by atoms with Crippen LogP contribution in [-0.4, -0.2) is 40.7 Å². The van der Waals surface area contributed by atoms with Crippen LogP contribution in [0.15, 0.2) is 48.7 Å². The zero-order valence-electron chi connectivity index (χ0n) is 14.3. The van der Waals surface area contributed by atoms with Gasteiger partial charge in [-0.25, -0.2) is 0 Å². The van der Waals surface area contributed by atoms with Crippen LogP contribution in [0.25, 0.3) is 10.9 Å². The first-order chi connectivity index (χ1) is 12.6. The summed E-state index contributed by atoms with van der Waals surface area (Å²) in [5.41, 5.74) is 2.98. The molecule has 1 saturated heterocycles. The fourth-order valence-electron chi connectivity index (χ4n) is 3.17. The number of carbonyl (C=O) groups is 1. The Kier molecular flexibility index (Phi) is 4.89. The number of amides is 1. The molecular weight excluding hydrogens is 368 g/mol. The highest BCUT2D eigenvalue weighted by Crippen LogP contribution is 2.27. The minimum absolute atomic E-state index is 0.0685. The van der Waals surface area contributed by atoms with E-state index >= 15 is 0 Å². The highest BCUT2D eigenvalue weighted by molar-refractivity contribution is 7.99. The highest BCUT2D eigenvalue weighted by Gasteiger charge is 2.30. The van der Waals surface area contributed by atoms with Crippen LogP contribution in [0.2, 0.25) is 5.02 Å². The molecule has 26 heavy (non-hydrogen) atoms. The van der Waals surface area contributed by atoms with Crippen LogP contribution in [0.5, 0.6) is 0 Å². The molecule has 5 nitrogen and oxygen atoms in total. The molecule has 0 saturated carbocycles. The van der Waals surface area contributed by atoms with Gasteiger partial charge in [-0.05, 0) is 35.9 Å². The summed E-state index contributed by atoms with van der Waals surface area (Å²) >= 11 is 7.78. The van der Waals surface area contributed by atoms with Crippen molar-refractivity contribution in [3.05, 3.63) is 59.2 Å². The molecule has 0 bridgehead atoms. The quantitative estimate of drug-likeness (QED) is 0.721. The number of nitrogens with one attached hydrogen (secondary N) is 2. The molecule has 0 aliphatic carbocycles. The van der Waals surface area contributed by atoms with Gasteiger partial charge in [-0.2, -0.15) is 16.9 Å². The molecule has 2 aromatic carbocycles. The van der Waals surface area contributed by atoms with Gasteiger partial charge in [0.15, 0.2) is 0 Å². The van der Waals surface area contributed by atoms with Crippen molar-refractivity contribution in [2.45, 2.75) is 12.1 Å². The molecule has 1 amide bonds. The number of carbonyl (C=O) groups excluding carboxylic acids is 1. The summed E-state index contributed by atoms with van der Waals surface area (Å²) in [6, 6.07) is 13.6. The number of H-pyrrole nitrogens is 1. The number of nitrogens with zero attached hydrogens (tertiary/aromatic N) is 2. The van der Waals surface area contributed by atoms with Crippen molar-refractivity contribution in [2.75, 3.05) is 23.5 Å². The van der Waals surface area contributed by atoms with E-state index in [1.165, 1.54) is 0 Å². The zero-order valence-corrected chi connectivity index (χ0v) is 15.8. The molecule has 2 heterocycles. The normalized spacial score (nSPS) is 20.2. The Balaban J connectivity index is 1.50. The highest BCUT2D eigenvalue weighted by atomic mass is 35.5. The molecule has 134 valence electrons. The van der Waals surface area contributed by atoms with Crippen LogP contribution >= 0.6 is 23.4 Å². The third-order valence-corrected chi connectivity index (χ3v) is 6.07. The van der Waals surface area contributed by atoms with Gasteiger partial charge in [-0.15, -0.1) is 0 Å². The average Bonchev–Trinajstić information content (AvgIpc) is 3.15. The Morgan fingerprint density at radius 2 is 2.04 bits per heavy atom. The van der Waals surface area contributed by atoms with Gasteiger partial charge in [-0.3, -0.25) is 15.2 Å². The van der Waals surface area contributed by atoms with Crippen LogP contribution in [-0.2, 0) is 4.79 Å². The molecule has 1 aliphatic heterocycles. The Morgan fingerprint density at radius 1 is 1.23 bits per heavy atom. The lowest BCUT2D eigenvalue weighted by Gasteiger charge is -2.32. The number of hydrogen-bond donors (Lipinski definition) is 2. The van der Waals surface area contributed by atoms with E-state index < -0.39 is 0 Å². The second-order valence-corrected chi connectivity index (χ2v) is 7.91. The van der Waals surface area contributed by atoms with Crippen molar-refractivity contribution in [2.24, 2.45) is 0 Å². The maximum atomic E-state index is 13.0. The second-order valence-electron chi connectivity index (χ2n) is 6.40. The predicted octanol–water partition coefficient (Wildman–Crippen LogP) is 3.63. The first-order valence-corrected chi connectivity index (χ1v) is 9.95. The van der Waals surface area contributed by atoms with Crippen molar-refractivity contribution in [1.82, 2.24) is 15.5 Å². The summed E-state index contributed by atoms with van der Waals surface area (Å²) < 4.78 is 0. The molecular formula is C19H19ClN4OS. The van der Waals surface area contributed by atoms with Crippen LogP contribution in [0.4, 0.5) is 5.69 Å². The van der Waals surface area contributed by atoms with E-state index in [4.69, 9.17) is 11.6 Å². The number of halogens is 1. The topological polar surface area (TPSA) is 61.0 Å². The molecule has 0 radical (unpaired) electrons. The van der Waals surface area contributed by atoms with Gasteiger partial charge in [0.05, 0.1) is 17.8 Å². The number of rotatable bonds is 3. The van der Waals surface area contributed by atoms with E-state index in [1.54, 1.807) is 22.9 Å². The Hall–Kier alpha value is -2.02. The lowest BCUT2D eigenvalue weighted by molar-refractivity contribution is -0.120. The van der Waals surface area contributed by atoms with Gasteiger partial charge in [0.25, 0.3) is 0 Å². The van der Waals surface area contributed by atoms with E-state index in [9.17, 15) is 4.79 Å². The van der Waals surface area contributed by atoms with E-state index in [1.807, 2.05) is 49.5 Å². The van der Waals surface area contributed by atoms with Gasteiger partial charge >= 0.3 is 0 Å². The van der Waals surface area contributed by atoms with Crippen molar-refractivity contribution >= 4 is 45.9 Å². The van der Waals surface area contributed by atoms with E-state index in [0.29, 0.717) is 0 Å². The summed E-state index contributed by atoms with van der Waals surface area (Å²) in [6.45, 7) is 0. The van der Waals surface area contributed by atoms with Gasteiger partial charge in [0, 0.05) is 40.7 Å². The number of aromatic amines is 1. The number of fused-ring (bicyclic) bond motifs is 1. The maximum Gasteiger partial charge on any atom is 0.244 e. The number of hydrogen-bond acceptors (Lipinski definition) is 4. The van der Waals surface area contributed by atoms with Crippen molar-refractivity contribution < 1.29 is 4.79 Å². The molecule has 1 aliphatic rings. The molecule has 1 unspecified atom stereocenters. The minimum Gasteiger partial charge on any atom is -0.314 e. The second kappa shape index (κ2) is 7.31. The third-order valence-electron chi connectivity index (χ3n) is 4.68. The van der Waals surface area contributed by atoms with E-state index in [2.05, 4.69) is 15.5 Å². The number of aromatic nitrogens is 2. The van der Waals surface area contributed by atoms with Crippen molar-refractivity contribution in [3.8, 4) is 0 Å². The summed E-state index contributed by atoms with van der Waals surface area (Å²) in [5.74, 6) is 1.77. The van der Waals surface area contributed by atoms with Crippen LogP contribution < -0.4 is 10.2 Å². The number of thioether (sulfide) groups is 1. The summed E-state index contributed by atoms with van der Waals surface area (Å²) in [4.78, 5) is 14.7. The summed E-state index contributed by atoms with van der Waals surface area (Å²) in [5, 5.41) is 12.2. The lowest BCUT2D eigenvalue weighted by atomic mass is 10.1. The smallest absolute Gasteiger partial charge is 0.244 e. The largest absolute Gasteiger partial charge is 0.314 e. The summed E-state index contributed by atoms with van der Waals surface area (Å²) in [7, 11) is 1.82. The molecule has 2 N–H and O–H groups in total. The fourth-order valence-corrected chi connectivity index (χ4v) is 4.43. The lowest BCUT2D eigenvalue weighted by Crippen LogP contribution is -2.50. The van der Waals surface area contributed by atoms with Gasteiger partial charge < -0.3 is 4.90 Å². The molecule has 1 aromatic heterocycles. The number of anilines is 1. The van der Waals surface area contributed by atoms with Crippen LogP contribution in [0.3, 0.4) is 0 Å². The predicted molar refractivity (Wildman–Crippen MR) is 108 cm³/mol. The van der Waals surface area contributed by atoms with E-state index in [-0.39, 0.29) is 18.0 Å². The zero-order chi connectivity index (χ0) is 18.1. The molecule has 1 fully saturated rings. The average molecular weight is 387 g/mol. The number of likely N-dealkylation sites (N-methyl/N-ethyl adjacent to an activating group) is 1. The van der Waals surface area contributed by atoms with E-state index in [0.717, 1.165) is 38.7 Å². The van der Waals surface area contributed by atoms with Gasteiger partial charge in [0.1, 0.15) is 0 Å². The van der Waals surface area contributed by atoms with Crippen LogP contribution in [0.1, 0.15) is 11.6 Å². The standard InChI is InChI=1S/C19H19ClN4OS/c1-24(15-6-7-16-13(8-15)9-21-23-16)19(25)18-11-26-10-17(22-18)12-2-4-14(20)5-3-12/h2-9,17-18,22H,10-11H2,1H3,(H,21,23)/t17?,18-/m0/s1. The van der Waals surface area contributed by atoms with Crippen LogP contribution in [0, 0.1) is 0 Å². The van der Waals surface area contributed by atoms with Gasteiger partial charge in [0.2, 0.25) is 5.91 Å².